The summed E-state index contributed by atoms with van der Waals surface area (Å²) in [6.07, 6.45) is 0. The third-order valence-corrected chi connectivity index (χ3v) is 3.24. The second kappa shape index (κ2) is 4.90. The summed E-state index contributed by atoms with van der Waals surface area (Å²) in [5.41, 5.74) is 3.16. The molecule has 2 rings (SSSR count). The molecule has 0 aliphatic heterocycles. The highest BCUT2D eigenvalue weighted by atomic mass is 35.5. The minimum atomic E-state index is -0.226. The maximum Gasteiger partial charge on any atom is 0.156 e. The van der Waals surface area contributed by atoms with Crippen LogP contribution in [0.2, 0.25) is 5.15 Å². The predicted octanol–water partition coefficient (Wildman–Crippen LogP) is 3.94. The summed E-state index contributed by atoms with van der Waals surface area (Å²) < 4.78 is 13.2. The standard InChI is InChI=1S/C13H13ClFN3/c1-7-6-10(4-5-11(7)15)16-13-9(3)8(2)12(14)17-18-13/h4-6H,1-3H3,(H,16,18). The molecule has 1 N–H and O–H groups in total. The van der Waals surface area contributed by atoms with Gasteiger partial charge in [-0.15, -0.1) is 10.2 Å². The van der Waals surface area contributed by atoms with Crippen molar-refractivity contribution >= 4 is 23.1 Å². The number of rotatable bonds is 2. The van der Waals surface area contributed by atoms with E-state index in [0.29, 0.717) is 16.5 Å². The molecular formula is C13H13ClFN3. The Labute approximate surface area is 110 Å². The fourth-order valence-corrected chi connectivity index (χ4v) is 1.73. The summed E-state index contributed by atoms with van der Waals surface area (Å²) in [6.45, 7) is 5.51. The Morgan fingerprint density at radius 1 is 1.11 bits per heavy atom. The largest absolute Gasteiger partial charge is 0.338 e. The number of nitrogens with zero attached hydrogens (tertiary/aromatic N) is 2. The molecule has 0 radical (unpaired) electrons. The van der Waals surface area contributed by atoms with E-state index in [1.165, 1.54) is 6.07 Å². The van der Waals surface area contributed by atoms with Gasteiger partial charge in [-0.05, 0) is 55.7 Å². The molecule has 1 heterocycles. The third kappa shape index (κ3) is 2.43. The summed E-state index contributed by atoms with van der Waals surface area (Å²) >= 11 is 5.88. The van der Waals surface area contributed by atoms with Crippen LogP contribution in [0.5, 0.6) is 0 Å². The molecule has 0 aliphatic carbocycles. The van der Waals surface area contributed by atoms with Crippen molar-refractivity contribution in [1.29, 1.82) is 0 Å². The maximum atomic E-state index is 13.2. The molecule has 0 saturated carbocycles. The lowest BCUT2D eigenvalue weighted by Crippen LogP contribution is -2.01. The van der Waals surface area contributed by atoms with E-state index in [-0.39, 0.29) is 5.82 Å². The Morgan fingerprint density at radius 2 is 1.83 bits per heavy atom. The van der Waals surface area contributed by atoms with E-state index < -0.39 is 0 Å². The number of nitrogens with one attached hydrogen (secondary N) is 1. The topological polar surface area (TPSA) is 37.8 Å². The normalized spacial score (nSPS) is 10.5. The van der Waals surface area contributed by atoms with Crippen LogP contribution in [0, 0.1) is 26.6 Å². The van der Waals surface area contributed by atoms with Crippen LogP contribution in [-0.4, -0.2) is 10.2 Å². The second-order valence-electron chi connectivity index (χ2n) is 4.18. The second-order valence-corrected chi connectivity index (χ2v) is 4.54. The monoisotopic (exact) mass is 265 g/mol. The SMILES string of the molecule is Cc1cc(Nc2nnc(Cl)c(C)c2C)ccc1F. The van der Waals surface area contributed by atoms with Crippen molar-refractivity contribution in [3.05, 3.63) is 45.9 Å². The van der Waals surface area contributed by atoms with Crippen LogP contribution < -0.4 is 5.32 Å². The molecule has 0 saturated heterocycles. The van der Waals surface area contributed by atoms with E-state index in [9.17, 15) is 4.39 Å². The Bertz CT molecular complexity index is 599. The van der Waals surface area contributed by atoms with Crippen LogP contribution in [0.3, 0.4) is 0 Å². The van der Waals surface area contributed by atoms with Gasteiger partial charge >= 0.3 is 0 Å². The Morgan fingerprint density at radius 3 is 2.50 bits per heavy atom. The zero-order valence-electron chi connectivity index (χ0n) is 10.4. The quantitative estimate of drug-likeness (QED) is 0.894. The van der Waals surface area contributed by atoms with Crippen molar-refractivity contribution in [2.45, 2.75) is 20.8 Å². The Hall–Kier alpha value is -1.68. The van der Waals surface area contributed by atoms with Gasteiger partial charge in [-0.25, -0.2) is 4.39 Å². The highest BCUT2D eigenvalue weighted by molar-refractivity contribution is 6.30. The third-order valence-electron chi connectivity index (χ3n) is 2.89. The molecule has 1 aromatic heterocycles. The Kier molecular flexibility index (Phi) is 3.48. The molecule has 0 bridgehead atoms. The van der Waals surface area contributed by atoms with Crippen molar-refractivity contribution in [2.75, 3.05) is 5.32 Å². The van der Waals surface area contributed by atoms with Gasteiger partial charge in [0.15, 0.2) is 11.0 Å². The number of anilines is 2. The van der Waals surface area contributed by atoms with E-state index in [1.54, 1.807) is 19.1 Å². The van der Waals surface area contributed by atoms with Crippen molar-refractivity contribution in [1.82, 2.24) is 10.2 Å². The summed E-state index contributed by atoms with van der Waals surface area (Å²) in [6, 6.07) is 4.80. The predicted molar refractivity (Wildman–Crippen MR) is 70.9 cm³/mol. The first kappa shape index (κ1) is 12.8. The van der Waals surface area contributed by atoms with Crippen molar-refractivity contribution < 1.29 is 4.39 Å². The molecular weight excluding hydrogens is 253 g/mol. The van der Waals surface area contributed by atoms with Crippen molar-refractivity contribution in [3.63, 3.8) is 0 Å². The fourth-order valence-electron chi connectivity index (χ4n) is 1.55. The minimum absolute atomic E-state index is 0.226. The van der Waals surface area contributed by atoms with Gasteiger partial charge in [0, 0.05) is 5.69 Å². The van der Waals surface area contributed by atoms with Crippen molar-refractivity contribution in [3.8, 4) is 0 Å². The lowest BCUT2D eigenvalue weighted by atomic mass is 10.2. The fraction of sp³-hybridized carbons (Fsp3) is 0.231. The lowest BCUT2D eigenvalue weighted by molar-refractivity contribution is 0.619. The molecule has 0 spiro atoms. The van der Waals surface area contributed by atoms with E-state index in [0.717, 1.165) is 16.8 Å². The van der Waals surface area contributed by atoms with Crippen LogP contribution in [0.25, 0.3) is 0 Å². The molecule has 5 heteroatoms. The zero-order chi connectivity index (χ0) is 13.3. The van der Waals surface area contributed by atoms with E-state index in [1.807, 2.05) is 13.8 Å². The number of aryl methyl sites for hydroxylation is 1. The van der Waals surface area contributed by atoms with Crippen LogP contribution in [-0.2, 0) is 0 Å². The molecule has 18 heavy (non-hydrogen) atoms. The minimum Gasteiger partial charge on any atom is -0.338 e. The van der Waals surface area contributed by atoms with Gasteiger partial charge in [-0.1, -0.05) is 11.6 Å². The highest BCUT2D eigenvalue weighted by Gasteiger charge is 2.08. The summed E-state index contributed by atoms with van der Waals surface area (Å²) in [5.74, 6) is 0.401. The number of aromatic nitrogens is 2. The maximum absolute atomic E-state index is 13.2. The Balaban J connectivity index is 2.34. The van der Waals surface area contributed by atoms with Gasteiger partial charge in [0.1, 0.15) is 5.82 Å². The first-order chi connectivity index (χ1) is 8.49. The number of hydrogen-bond acceptors (Lipinski definition) is 3. The van der Waals surface area contributed by atoms with Gasteiger partial charge in [0.25, 0.3) is 0 Å². The summed E-state index contributed by atoms with van der Waals surface area (Å²) in [7, 11) is 0. The molecule has 0 atom stereocenters. The molecule has 0 aliphatic rings. The molecule has 3 nitrogen and oxygen atoms in total. The summed E-state index contributed by atoms with van der Waals surface area (Å²) in [4.78, 5) is 0. The first-order valence-electron chi connectivity index (χ1n) is 5.51. The van der Waals surface area contributed by atoms with Gasteiger partial charge in [-0.3, -0.25) is 0 Å². The van der Waals surface area contributed by atoms with Gasteiger partial charge < -0.3 is 5.32 Å². The highest BCUT2D eigenvalue weighted by Crippen LogP contribution is 2.24. The van der Waals surface area contributed by atoms with E-state index >= 15 is 0 Å². The van der Waals surface area contributed by atoms with Gasteiger partial charge in [0.05, 0.1) is 0 Å². The van der Waals surface area contributed by atoms with Crippen LogP contribution in [0.15, 0.2) is 18.2 Å². The average molecular weight is 266 g/mol. The molecule has 0 fully saturated rings. The van der Waals surface area contributed by atoms with Crippen LogP contribution >= 0.6 is 11.6 Å². The first-order valence-corrected chi connectivity index (χ1v) is 5.89. The van der Waals surface area contributed by atoms with Gasteiger partial charge in [0.2, 0.25) is 0 Å². The molecule has 2 aromatic rings. The molecule has 0 amide bonds. The van der Waals surface area contributed by atoms with Gasteiger partial charge in [-0.2, -0.15) is 0 Å². The number of hydrogen-bond donors (Lipinski definition) is 1. The van der Waals surface area contributed by atoms with E-state index in [2.05, 4.69) is 15.5 Å². The summed E-state index contributed by atoms with van der Waals surface area (Å²) in [5, 5.41) is 11.4. The smallest absolute Gasteiger partial charge is 0.156 e. The molecule has 94 valence electrons. The van der Waals surface area contributed by atoms with E-state index in [4.69, 9.17) is 11.6 Å². The average Bonchev–Trinajstić information content (AvgIpc) is 2.34. The van der Waals surface area contributed by atoms with Crippen LogP contribution in [0.4, 0.5) is 15.9 Å². The molecule has 0 unspecified atom stereocenters. The zero-order valence-corrected chi connectivity index (χ0v) is 11.1. The number of halogens is 2. The number of benzene rings is 1. The van der Waals surface area contributed by atoms with Crippen molar-refractivity contribution in [2.24, 2.45) is 0 Å². The van der Waals surface area contributed by atoms with Crippen LogP contribution in [0.1, 0.15) is 16.7 Å². The lowest BCUT2D eigenvalue weighted by Gasteiger charge is -2.11. The molecule has 1 aromatic carbocycles.